The van der Waals surface area contributed by atoms with Crippen LogP contribution in [0, 0.1) is 11.3 Å². The number of amides is 1. The number of carbonyl (C=O) groups is 1. The number of hydrogen-bond donors (Lipinski definition) is 0. The van der Waals surface area contributed by atoms with Crippen molar-refractivity contribution in [3.05, 3.63) is 29.8 Å². The number of likely N-dealkylation sites (N-methyl/N-ethyl adjacent to an activating group) is 1. The van der Waals surface area contributed by atoms with Crippen LogP contribution >= 0.6 is 0 Å². The van der Waals surface area contributed by atoms with Crippen LogP contribution < -0.4 is 0 Å². The maximum Gasteiger partial charge on any atom is 0.254 e. The van der Waals surface area contributed by atoms with Crippen molar-refractivity contribution in [2.45, 2.75) is 30.7 Å². The van der Waals surface area contributed by atoms with Gasteiger partial charge in [0, 0.05) is 37.7 Å². The van der Waals surface area contributed by atoms with Gasteiger partial charge in [0.1, 0.15) is 0 Å². The molecule has 1 aromatic rings. The van der Waals surface area contributed by atoms with Gasteiger partial charge in [-0.15, -0.1) is 0 Å². The summed E-state index contributed by atoms with van der Waals surface area (Å²) in [6.07, 6.45) is 0.537. The van der Waals surface area contributed by atoms with Gasteiger partial charge >= 0.3 is 0 Å². The lowest BCUT2D eigenvalue weighted by Crippen LogP contribution is -2.52. The molecule has 1 aromatic carbocycles. The highest BCUT2D eigenvalue weighted by Gasteiger charge is 2.26. The molecular weight excluding hydrogens is 326 g/mol. The highest BCUT2D eigenvalue weighted by molar-refractivity contribution is 7.91. The second-order valence-electron chi connectivity index (χ2n) is 6.21. The lowest BCUT2D eigenvalue weighted by Gasteiger charge is -2.38. The highest BCUT2D eigenvalue weighted by Crippen LogP contribution is 2.17. The molecule has 7 heteroatoms. The van der Waals surface area contributed by atoms with Gasteiger partial charge in [-0.2, -0.15) is 5.26 Å². The summed E-state index contributed by atoms with van der Waals surface area (Å²) >= 11 is 0. The summed E-state index contributed by atoms with van der Waals surface area (Å²) in [5.74, 6) is -0.118. The number of unbranched alkanes of at least 4 members (excludes halogenated alkanes) is 1. The number of sulfone groups is 1. The Balaban J connectivity index is 2.09. The van der Waals surface area contributed by atoms with E-state index in [2.05, 4.69) is 4.90 Å². The Morgan fingerprint density at radius 3 is 2.54 bits per heavy atom. The van der Waals surface area contributed by atoms with Gasteiger partial charge in [-0.25, -0.2) is 8.42 Å². The third-order valence-electron chi connectivity index (χ3n) is 4.25. The first kappa shape index (κ1) is 18.4. The SMILES string of the molecule is CC1CN(C)CCN1C(=O)c1ccc(S(=O)(=O)CCCC#N)cc1. The van der Waals surface area contributed by atoms with Crippen LogP contribution in [0.1, 0.15) is 30.1 Å². The predicted octanol–water partition coefficient (Wildman–Crippen LogP) is 1.54. The van der Waals surface area contributed by atoms with Crippen LogP contribution in [0.3, 0.4) is 0 Å². The zero-order chi connectivity index (χ0) is 17.7. The Morgan fingerprint density at radius 1 is 1.29 bits per heavy atom. The van der Waals surface area contributed by atoms with Gasteiger partial charge in [0.05, 0.1) is 16.7 Å². The van der Waals surface area contributed by atoms with E-state index in [4.69, 9.17) is 5.26 Å². The fourth-order valence-electron chi connectivity index (χ4n) is 2.87. The van der Waals surface area contributed by atoms with Gasteiger partial charge < -0.3 is 9.80 Å². The van der Waals surface area contributed by atoms with Crippen LogP contribution in [-0.4, -0.2) is 62.6 Å². The number of carbonyl (C=O) groups excluding carboxylic acids is 1. The molecule has 0 bridgehead atoms. The minimum Gasteiger partial charge on any atom is -0.333 e. The van der Waals surface area contributed by atoms with E-state index in [9.17, 15) is 13.2 Å². The van der Waals surface area contributed by atoms with Crippen LogP contribution in [0.25, 0.3) is 0 Å². The van der Waals surface area contributed by atoms with E-state index in [0.717, 1.165) is 13.1 Å². The van der Waals surface area contributed by atoms with E-state index in [1.54, 1.807) is 12.1 Å². The van der Waals surface area contributed by atoms with E-state index >= 15 is 0 Å². The van der Waals surface area contributed by atoms with E-state index in [1.165, 1.54) is 12.1 Å². The number of benzene rings is 1. The molecule has 2 rings (SSSR count). The summed E-state index contributed by atoms with van der Waals surface area (Å²) in [5, 5.41) is 8.50. The van der Waals surface area contributed by atoms with Gasteiger partial charge in [-0.05, 0) is 44.7 Å². The van der Waals surface area contributed by atoms with Crippen molar-refractivity contribution >= 4 is 15.7 Å². The molecule has 1 unspecified atom stereocenters. The molecule has 0 radical (unpaired) electrons. The van der Waals surface area contributed by atoms with Crippen LogP contribution in [0.2, 0.25) is 0 Å². The molecule has 0 N–H and O–H groups in total. The molecule has 130 valence electrons. The van der Waals surface area contributed by atoms with E-state index < -0.39 is 9.84 Å². The second kappa shape index (κ2) is 7.77. The van der Waals surface area contributed by atoms with Crippen molar-refractivity contribution in [1.29, 1.82) is 5.26 Å². The average Bonchev–Trinajstić information content (AvgIpc) is 2.54. The Morgan fingerprint density at radius 2 is 1.96 bits per heavy atom. The molecule has 0 saturated carbocycles. The van der Waals surface area contributed by atoms with Crippen LogP contribution in [0.15, 0.2) is 29.2 Å². The van der Waals surface area contributed by atoms with Gasteiger partial charge in [0.25, 0.3) is 5.91 Å². The summed E-state index contributed by atoms with van der Waals surface area (Å²) in [4.78, 5) is 16.8. The largest absolute Gasteiger partial charge is 0.333 e. The Hall–Kier alpha value is -1.91. The second-order valence-corrected chi connectivity index (χ2v) is 8.32. The molecule has 1 amide bonds. The lowest BCUT2D eigenvalue weighted by atomic mass is 10.1. The highest BCUT2D eigenvalue weighted by atomic mass is 32.2. The third-order valence-corrected chi connectivity index (χ3v) is 6.07. The van der Waals surface area contributed by atoms with Crippen LogP contribution in [0.5, 0.6) is 0 Å². The molecule has 6 nitrogen and oxygen atoms in total. The first-order chi connectivity index (χ1) is 11.3. The molecular formula is C17H23N3O3S. The number of nitriles is 1. The van der Waals surface area contributed by atoms with E-state index in [1.807, 2.05) is 24.9 Å². The van der Waals surface area contributed by atoms with Crippen molar-refractivity contribution in [3.63, 3.8) is 0 Å². The van der Waals surface area contributed by atoms with Gasteiger partial charge in [0.15, 0.2) is 9.84 Å². The van der Waals surface area contributed by atoms with Crippen molar-refractivity contribution in [3.8, 4) is 6.07 Å². The van der Waals surface area contributed by atoms with Crippen molar-refractivity contribution in [2.24, 2.45) is 0 Å². The normalized spacial score (nSPS) is 19.0. The Bertz CT molecular complexity index is 722. The number of rotatable bonds is 5. The molecule has 1 fully saturated rings. The molecule has 0 aromatic heterocycles. The summed E-state index contributed by atoms with van der Waals surface area (Å²) in [6.45, 7) is 4.35. The van der Waals surface area contributed by atoms with Crippen LogP contribution in [-0.2, 0) is 9.84 Å². The molecule has 1 aliphatic heterocycles. The molecule has 0 spiro atoms. The summed E-state index contributed by atoms with van der Waals surface area (Å²) in [5.41, 5.74) is 0.502. The summed E-state index contributed by atoms with van der Waals surface area (Å²) < 4.78 is 24.3. The third kappa shape index (κ3) is 4.34. The number of piperazine rings is 1. The fourth-order valence-corrected chi connectivity index (χ4v) is 4.18. The molecule has 1 aliphatic rings. The minimum absolute atomic E-state index is 0.0522. The van der Waals surface area contributed by atoms with Crippen molar-refractivity contribution in [2.75, 3.05) is 32.4 Å². The fraction of sp³-hybridized carbons (Fsp3) is 0.529. The molecule has 1 heterocycles. The Kier molecular flexibility index (Phi) is 5.97. The van der Waals surface area contributed by atoms with E-state index in [0.29, 0.717) is 18.5 Å². The first-order valence-corrected chi connectivity index (χ1v) is 9.69. The smallest absolute Gasteiger partial charge is 0.254 e. The zero-order valence-electron chi connectivity index (χ0n) is 14.1. The Labute approximate surface area is 143 Å². The quantitative estimate of drug-likeness (QED) is 0.753. The first-order valence-electron chi connectivity index (χ1n) is 8.04. The zero-order valence-corrected chi connectivity index (χ0v) is 14.9. The standard InChI is InChI=1S/C17H23N3O3S/c1-14-13-19(2)10-11-20(14)17(21)15-5-7-16(8-6-15)24(22,23)12-4-3-9-18/h5-8,14H,3-4,10-13H2,1-2H3. The molecule has 24 heavy (non-hydrogen) atoms. The lowest BCUT2D eigenvalue weighted by molar-refractivity contribution is 0.0533. The van der Waals surface area contributed by atoms with Gasteiger partial charge in [-0.3, -0.25) is 4.79 Å². The topological polar surface area (TPSA) is 81.5 Å². The van der Waals surface area contributed by atoms with Gasteiger partial charge in [0.2, 0.25) is 0 Å². The van der Waals surface area contributed by atoms with Crippen molar-refractivity contribution < 1.29 is 13.2 Å². The number of hydrogen-bond acceptors (Lipinski definition) is 5. The van der Waals surface area contributed by atoms with Crippen LogP contribution in [0.4, 0.5) is 0 Å². The minimum atomic E-state index is -3.40. The maximum absolute atomic E-state index is 12.6. The average molecular weight is 349 g/mol. The van der Waals surface area contributed by atoms with E-state index in [-0.39, 0.29) is 29.0 Å². The molecule has 1 saturated heterocycles. The van der Waals surface area contributed by atoms with Gasteiger partial charge in [-0.1, -0.05) is 0 Å². The van der Waals surface area contributed by atoms with Crippen molar-refractivity contribution in [1.82, 2.24) is 9.80 Å². The summed E-state index contributed by atoms with van der Waals surface area (Å²) in [6, 6.07) is 8.18. The molecule has 1 atom stereocenters. The molecule has 0 aliphatic carbocycles. The number of nitrogens with zero attached hydrogens (tertiary/aromatic N) is 3. The maximum atomic E-state index is 12.6. The predicted molar refractivity (Wildman–Crippen MR) is 91.3 cm³/mol. The summed E-state index contributed by atoms with van der Waals surface area (Å²) in [7, 11) is -1.37. The monoisotopic (exact) mass is 349 g/mol.